The number of piperazine rings is 1. The van der Waals surface area contributed by atoms with Crippen LogP contribution in [0.2, 0.25) is 0 Å². The normalized spacial score (nSPS) is 14.9. The zero-order valence-corrected chi connectivity index (χ0v) is 13.6. The molecular formula is C16H24N4O2. The molecule has 0 radical (unpaired) electrons. The number of hydrogen-bond donors (Lipinski definition) is 0. The molecule has 0 N–H and O–H groups in total. The molecule has 2 heterocycles. The van der Waals surface area contributed by atoms with E-state index in [4.69, 9.17) is 0 Å². The molecule has 6 nitrogen and oxygen atoms in total. The van der Waals surface area contributed by atoms with Crippen LogP contribution in [-0.4, -0.2) is 65.9 Å². The molecule has 1 aromatic rings. The molecule has 22 heavy (non-hydrogen) atoms. The van der Waals surface area contributed by atoms with Gasteiger partial charge in [0.05, 0.1) is 11.9 Å². The summed E-state index contributed by atoms with van der Waals surface area (Å²) in [5.74, 6) is 0.0934. The number of carbonyl (C=O) groups excluding carboxylic acids is 2. The molecule has 0 saturated carbocycles. The number of carbonyl (C=O) groups is 2. The smallest absolute Gasteiger partial charge is 0.272 e. The molecule has 2 amide bonds. The Labute approximate surface area is 131 Å². The lowest BCUT2D eigenvalue weighted by Gasteiger charge is -2.35. The second-order valence-electron chi connectivity index (χ2n) is 5.37. The van der Waals surface area contributed by atoms with Gasteiger partial charge in [0.25, 0.3) is 5.91 Å². The summed E-state index contributed by atoms with van der Waals surface area (Å²) in [6.45, 7) is 9.96. The third-order valence-corrected chi connectivity index (χ3v) is 4.11. The van der Waals surface area contributed by atoms with E-state index in [0.29, 0.717) is 18.8 Å². The van der Waals surface area contributed by atoms with Crippen molar-refractivity contribution in [1.82, 2.24) is 14.8 Å². The fraction of sp³-hybridized carbons (Fsp3) is 0.562. The highest BCUT2D eigenvalue weighted by Crippen LogP contribution is 2.16. The predicted molar refractivity (Wildman–Crippen MR) is 86.0 cm³/mol. The van der Waals surface area contributed by atoms with Crippen LogP contribution in [0.3, 0.4) is 0 Å². The number of rotatable bonds is 4. The van der Waals surface area contributed by atoms with Crippen molar-refractivity contribution in [2.24, 2.45) is 0 Å². The van der Waals surface area contributed by atoms with Gasteiger partial charge in [-0.15, -0.1) is 0 Å². The summed E-state index contributed by atoms with van der Waals surface area (Å²) in [4.78, 5) is 33.7. The molecule has 0 atom stereocenters. The molecule has 0 unspecified atom stereocenters. The number of nitrogens with zero attached hydrogens (tertiary/aromatic N) is 4. The maximum Gasteiger partial charge on any atom is 0.272 e. The summed E-state index contributed by atoms with van der Waals surface area (Å²) in [6, 6.07) is 3.72. The molecule has 2 rings (SSSR count). The van der Waals surface area contributed by atoms with Gasteiger partial charge in [0.1, 0.15) is 5.69 Å². The van der Waals surface area contributed by atoms with Gasteiger partial charge in [-0.2, -0.15) is 0 Å². The Morgan fingerprint density at radius 3 is 2.23 bits per heavy atom. The lowest BCUT2D eigenvalue weighted by atomic mass is 10.2. The van der Waals surface area contributed by atoms with E-state index < -0.39 is 0 Å². The van der Waals surface area contributed by atoms with E-state index in [1.807, 2.05) is 24.8 Å². The maximum absolute atomic E-state index is 12.2. The summed E-state index contributed by atoms with van der Waals surface area (Å²) < 4.78 is 0. The molecule has 0 bridgehead atoms. The summed E-state index contributed by atoms with van der Waals surface area (Å²) in [6.07, 6.45) is 1.75. The van der Waals surface area contributed by atoms with Gasteiger partial charge in [-0.25, -0.2) is 4.98 Å². The number of pyridine rings is 1. The first-order valence-corrected chi connectivity index (χ1v) is 7.82. The molecule has 1 saturated heterocycles. The summed E-state index contributed by atoms with van der Waals surface area (Å²) in [5, 5.41) is 0. The Bertz CT molecular complexity index is 517. The van der Waals surface area contributed by atoms with Crippen molar-refractivity contribution in [2.75, 3.05) is 44.2 Å². The average molecular weight is 304 g/mol. The highest BCUT2D eigenvalue weighted by molar-refractivity contribution is 5.92. The van der Waals surface area contributed by atoms with Crippen LogP contribution < -0.4 is 4.90 Å². The van der Waals surface area contributed by atoms with Crippen molar-refractivity contribution in [1.29, 1.82) is 0 Å². The molecule has 0 aromatic carbocycles. The predicted octanol–water partition coefficient (Wildman–Crippen LogP) is 1.23. The van der Waals surface area contributed by atoms with Crippen molar-refractivity contribution in [2.45, 2.75) is 20.8 Å². The van der Waals surface area contributed by atoms with E-state index in [2.05, 4.69) is 9.88 Å². The molecule has 6 heteroatoms. The third kappa shape index (κ3) is 3.55. The minimum absolute atomic E-state index is 0.0297. The Morgan fingerprint density at radius 2 is 1.77 bits per heavy atom. The number of aromatic nitrogens is 1. The third-order valence-electron chi connectivity index (χ3n) is 4.11. The standard InChI is InChI=1S/C16H24N4O2/c1-4-18(5-2)16(22)15-7-6-14(12-17-15)20-10-8-19(9-11-20)13(3)21/h6-7,12H,4-5,8-11H2,1-3H3. The first kappa shape index (κ1) is 16.3. The van der Waals surface area contributed by atoms with Gasteiger partial charge < -0.3 is 14.7 Å². The van der Waals surface area contributed by atoms with E-state index in [-0.39, 0.29) is 11.8 Å². The number of anilines is 1. The van der Waals surface area contributed by atoms with Crippen molar-refractivity contribution in [3.8, 4) is 0 Å². The average Bonchev–Trinajstić information content (AvgIpc) is 2.56. The topological polar surface area (TPSA) is 56.8 Å². The lowest BCUT2D eigenvalue weighted by molar-refractivity contribution is -0.129. The van der Waals surface area contributed by atoms with Gasteiger partial charge in [-0.05, 0) is 26.0 Å². The van der Waals surface area contributed by atoms with E-state index in [1.54, 1.807) is 24.1 Å². The Balaban J connectivity index is 2.01. The first-order valence-electron chi connectivity index (χ1n) is 7.82. The van der Waals surface area contributed by atoms with E-state index in [9.17, 15) is 9.59 Å². The van der Waals surface area contributed by atoms with Gasteiger partial charge in [-0.1, -0.05) is 0 Å². The van der Waals surface area contributed by atoms with Crippen molar-refractivity contribution in [3.63, 3.8) is 0 Å². The quantitative estimate of drug-likeness (QED) is 0.839. The zero-order valence-electron chi connectivity index (χ0n) is 13.6. The van der Waals surface area contributed by atoms with Gasteiger partial charge in [-0.3, -0.25) is 9.59 Å². The van der Waals surface area contributed by atoms with E-state index in [0.717, 1.165) is 31.9 Å². The summed E-state index contributed by atoms with van der Waals surface area (Å²) >= 11 is 0. The summed E-state index contributed by atoms with van der Waals surface area (Å²) in [7, 11) is 0. The molecule has 1 aliphatic heterocycles. The Morgan fingerprint density at radius 1 is 1.14 bits per heavy atom. The highest BCUT2D eigenvalue weighted by Gasteiger charge is 2.20. The van der Waals surface area contributed by atoms with Crippen molar-refractivity contribution in [3.05, 3.63) is 24.0 Å². The van der Waals surface area contributed by atoms with Crippen molar-refractivity contribution >= 4 is 17.5 Å². The highest BCUT2D eigenvalue weighted by atomic mass is 16.2. The van der Waals surface area contributed by atoms with Crippen LogP contribution in [-0.2, 0) is 4.79 Å². The Kier molecular flexibility index (Phi) is 5.35. The molecule has 1 aromatic heterocycles. The Hall–Kier alpha value is -2.11. The lowest BCUT2D eigenvalue weighted by Crippen LogP contribution is -2.48. The van der Waals surface area contributed by atoms with Crippen LogP contribution in [0.5, 0.6) is 0 Å². The SMILES string of the molecule is CCN(CC)C(=O)c1ccc(N2CCN(C(C)=O)CC2)cn1. The van der Waals surface area contributed by atoms with Gasteiger partial charge >= 0.3 is 0 Å². The second-order valence-corrected chi connectivity index (χ2v) is 5.37. The van der Waals surface area contributed by atoms with Gasteiger partial charge in [0.15, 0.2) is 0 Å². The molecule has 0 spiro atoms. The summed E-state index contributed by atoms with van der Waals surface area (Å²) in [5.41, 5.74) is 1.48. The van der Waals surface area contributed by atoms with Crippen LogP contribution in [0.1, 0.15) is 31.3 Å². The van der Waals surface area contributed by atoms with Gasteiger partial charge in [0, 0.05) is 46.2 Å². The van der Waals surface area contributed by atoms with Gasteiger partial charge in [0.2, 0.25) is 5.91 Å². The maximum atomic E-state index is 12.2. The fourth-order valence-corrected chi connectivity index (χ4v) is 2.65. The monoisotopic (exact) mass is 304 g/mol. The first-order chi connectivity index (χ1) is 10.6. The molecule has 1 aliphatic rings. The largest absolute Gasteiger partial charge is 0.367 e. The number of hydrogen-bond acceptors (Lipinski definition) is 4. The number of amides is 2. The minimum atomic E-state index is -0.0297. The molecule has 1 fully saturated rings. The molecule has 120 valence electrons. The van der Waals surface area contributed by atoms with Crippen LogP contribution in [0.15, 0.2) is 18.3 Å². The van der Waals surface area contributed by atoms with Crippen molar-refractivity contribution < 1.29 is 9.59 Å². The zero-order chi connectivity index (χ0) is 16.1. The minimum Gasteiger partial charge on any atom is -0.367 e. The van der Waals surface area contributed by atoms with Crippen LogP contribution >= 0.6 is 0 Å². The van der Waals surface area contributed by atoms with E-state index in [1.165, 1.54) is 0 Å². The fourth-order valence-electron chi connectivity index (χ4n) is 2.65. The van der Waals surface area contributed by atoms with Crippen LogP contribution in [0.25, 0.3) is 0 Å². The molecular weight excluding hydrogens is 280 g/mol. The van der Waals surface area contributed by atoms with E-state index >= 15 is 0 Å². The van der Waals surface area contributed by atoms with Crippen LogP contribution in [0, 0.1) is 0 Å². The van der Waals surface area contributed by atoms with Crippen LogP contribution in [0.4, 0.5) is 5.69 Å². The second kappa shape index (κ2) is 7.24. The molecule has 0 aliphatic carbocycles.